The number of aryl methyl sites for hydroxylation is 1. The highest BCUT2D eigenvalue weighted by molar-refractivity contribution is 6.31. The lowest BCUT2D eigenvalue weighted by Gasteiger charge is -2.13. The molecule has 27 heavy (non-hydrogen) atoms. The number of furan rings is 1. The average molecular weight is 381 g/mol. The van der Waals surface area contributed by atoms with Gasteiger partial charge in [0.15, 0.2) is 0 Å². The molecule has 1 aromatic carbocycles. The first-order valence-corrected chi connectivity index (χ1v) is 9.37. The van der Waals surface area contributed by atoms with E-state index in [4.69, 9.17) is 16.0 Å². The number of imide groups is 1. The van der Waals surface area contributed by atoms with E-state index >= 15 is 0 Å². The number of carbonyl (C=O) groups is 2. The van der Waals surface area contributed by atoms with Crippen LogP contribution in [0.15, 0.2) is 52.0 Å². The Bertz CT molecular complexity index is 992. The summed E-state index contributed by atoms with van der Waals surface area (Å²) in [6.45, 7) is 1.94. The Morgan fingerprint density at radius 1 is 1.11 bits per heavy atom. The maximum Gasteiger partial charge on any atom is 0.254 e. The van der Waals surface area contributed by atoms with E-state index in [-0.39, 0.29) is 35.5 Å². The highest BCUT2D eigenvalue weighted by Crippen LogP contribution is 2.52. The molecule has 2 fully saturated rings. The fourth-order valence-corrected chi connectivity index (χ4v) is 4.62. The minimum atomic E-state index is -0.244. The molecule has 1 saturated heterocycles. The molecule has 4 atom stereocenters. The zero-order valence-corrected chi connectivity index (χ0v) is 15.4. The molecule has 2 aliphatic carbocycles. The number of allylic oxidation sites excluding steroid dienone is 2. The minimum Gasteiger partial charge on any atom is -0.455 e. The zero-order valence-electron chi connectivity index (χ0n) is 14.6. The number of nitrogens with zero attached hydrogens (tertiary/aromatic N) is 2. The third kappa shape index (κ3) is 2.49. The van der Waals surface area contributed by atoms with Gasteiger partial charge in [-0.2, -0.15) is 10.1 Å². The van der Waals surface area contributed by atoms with Crippen molar-refractivity contribution in [1.29, 1.82) is 0 Å². The quantitative estimate of drug-likeness (QED) is 0.458. The van der Waals surface area contributed by atoms with Crippen molar-refractivity contribution in [2.24, 2.45) is 28.8 Å². The van der Waals surface area contributed by atoms with E-state index in [1.54, 1.807) is 6.07 Å². The molecule has 2 bridgehead atoms. The summed E-state index contributed by atoms with van der Waals surface area (Å²) in [4.78, 5) is 25.2. The molecule has 5 nitrogen and oxygen atoms in total. The van der Waals surface area contributed by atoms with Crippen LogP contribution in [0.5, 0.6) is 0 Å². The Hall–Kier alpha value is -2.66. The predicted octanol–water partition coefficient (Wildman–Crippen LogP) is 4.05. The van der Waals surface area contributed by atoms with Gasteiger partial charge in [0.1, 0.15) is 11.5 Å². The van der Waals surface area contributed by atoms with Gasteiger partial charge in [0, 0.05) is 10.6 Å². The van der Waals surface area contributed by atoms with E-state index in [2.05, 4.69) is 17.3 Å². The van der Waals surface area contributed by atoms with Gasteiger partial charge < -0.3 is 4.42 Å². The standard InChI is InChI=1S/C21H17ClN2O3/c1-11-2-3-12(9-16(11)22)17-7-6-15(27-17)10-23-24-20(25)18-13-4-5-14(8-13)19(18)21(24)26/h2-7,9-10,13-14,18-19H,8H2,1H3/b23-10-/t13-,14-,18-,19+/m0/s1. The van der Waals surface area contributed by atoms with Crippen LogP contribution in [0.1, 0.15) is 17.7 Å². The van der Waals surface area contributed by atoms with Crippen LogP contribution in [0.3, 0.4) is 0 Å². The molecule has 6 heteroatoms. The van der Waals surface area contributed by atoms with Gasteiger partial charge in [0.05, 0.1) is 18.1 Å². The monoisotopic (exact) mass is 380 g/mol. The fraction of sp³-hybridized carbons (Fsp3) is 0.286. The molecule has 0 unspecified atom stereocenters. The fourth-order valence-electron chi connectivity index (χ4n) is 4.44. The number of hydrazone groups is 1. The van der Waals surface area contributed by atoms with Crippen LogP contribution in [-0.4, -0.2) is 23.0 Å². The summed E-state index contributed by atoms with van der Waals surface area (Å²) < 4.78 is 5.77. The van der Waals surface area contributed by atoms with Gasteiger partial charge in [-0.1, -0.05) is 35.9 Å². The first-order valence-electron chi connectivity index (χ1n) is 8.99. The third-order valence-corrected chi connectivity index (χ3v) is 6.24. The molecular weight excluding hydrogens is 364 g/mol. The molecule has 1 aromatic heterocycles. The van der Waals surface area contributed by atoms with Gasteiger partial charge in [0.2, 0.25) is 0 Å². The molecule has 1 aliphatic heterocycles. The van der Waals surface area contributed by atoms with Crippen molar-refractivity contribution in [2.75, 3.05) is 0 Å². The molecule has 2 heterocycles. The average Bonchev–Trinajstić information content (AvgIpc) is 3.41. The van der Waals surface area contributed by atoms with Crippen molar-refractivity contribution in [3.05, 3.63) is 58.8 Å². The van der Waals surface area contributed by atoms with Gasteiger partial charge in [-0.3, -0.25) is 9.59 Å². The number of amides is 2. The molecule has 5 rings (SSSR count). The van der Waals surface area contributed by atoms with Crippen molar-refractivity contribution < 1.29 is 14.0 Å². The molecule has 136 valence electrons. The Morgan fingerprint density at radius 2 is 1.81 bits per heavy atom. The van der Waals surface area contributed by atoms with Gasteiger partial charge in [-0.25, -0.2) is 0 Å². The maximum atomic E-state index is 12.6. The Kier molecular flexibility index (Phi) is 3.62. The highest BCUT2D eigenvalue weighted by Gasteiger charge is 2.59. The Balaban J connectivity index is 1.36. The molecule has 1 saturated carbocycles. The SMILES string of the molecule is Cc1ccc(-c2ccc(/C=N\N3C(=O)[C@@H]4[C@H](C3=O)[C@H]3C=C[C@H]4C3)o2)cc1Cl. The highest BCUT2D eigenvalue weighted by atomic mass is 35.5. The van der Waals surface area contributed by atoms with Crippen molar-refractivity contribution in [3.8, 4) is 11.3 Å². The first kappa shape index (κ1) is 16.5. The number of carbonyl (C=O) groups excluding carboxylic acids is 2. The number of fused-ring (bicyclic) bond motifs is 5. The largest absolute Gasteiger partial charge is 0.455 e. The Labute approximate surface area is 161 Å². The topological polar surface area (TPSA) is 62.9 Å². The molecule has 2 aromatic rings. The second-order valence-corrected chi connectivity index (χ2v) is 7.81. The first-order chi connectivity index (χ1) is 13.0. The minimum absolute atomic E-state index is 0.179. The lowest BCUT2D eigenvalue weighted by Crippen LogP contribution is -2.28. The van der Waals surface area contributed by atoms with Gasteiger partial charge in [-0.05, 0) is 48.9 Å². The summed E-state index contributed by atoms with van der Waals surface area (Å²) in [5.41, 5.74) is 1.85. The number of benzene rings is 1. The van der Waals surface area contributed by atoms with Crippen molar-refractivity contribution in [1.82, 2.24) is 5.01 Å². The van der Waals surface area contributed by atoms with Crippen LogP contribution in [0.4, 0.5) is 0 Å². The van der Waals surface area contributed by atoms with Crippen LogP contribution >= 0.6 is 11.6 Å². The van der Waals surface area contributed by atoms with Gasteiger partial charge in [0.25, 0.3) is 11.8 Å². The lowest BCUT2D eigenvalue weighted by atomic mass is 9.85. The van der Waals surface area contributed by atoms with Crippen LogP contribution in [-0.2, 0) is 9.59 Å². The predicted molar refractivity (Wildman–Crippen MR) is 101 cm³/mol. The van der Waals surface area contributed by atoms with E-state index in [0.29, 0.717) is 16.5 Å². The van der Waals surface area contributed by atoms with Crippen molar-refractivity contribution in [3.63, 3.8) is 0 Å². The third-order valence-electron chi connectivity index (χ3n) is 5.83. The lowest BCUT2D eigenvalue weighted by molar-refractivity contribution is -0.140. The van der Waals surface area contributed by atoms with Crippen LogP contribution < -0.4 is 0 Å². The molecule has 2 amide bonds. The second kappa shape index (κ2) is 5.92. The number of rotatable bonds is 3. The van der Waals surface area contributed by atoms with Gasteiger partial charge >= 0.3 is 0 Å². The number of hydrogen-bond acceptors (Lipinski definition) is 4. The van der Waals surface area contributed by atoms with E-state index in [1.807, 2.05) is 31.2 Å². The summed E-state index contributed by atoms with van der Waals surface area (Å²) >= 11 is 6.17. The van der Waals surface area contributed by atoms with Gasteiger partial charge in [-0.15, -0.1) is 0 Å². The molecule has 0 radical (unpaired) electrons. The summed E-state index contributed by atoms with van der Waals surface area (Å²) in [6.07, 6.45) is 6.46. The Morgan fingerprint density at radius 3 is 2.48 bits per heavy atom. The summed E-state index contributed by atoms with van der Waals surface area (Å²) in [5.74, 6) is 0.594. The zero-order chi connectivity index (χ0) is 18.7. The second-order valence-electron chi connectivity index (χ2n) is 7.40. The molecule has 0 spiro atoms. The van der Waals surface area contributed by atoms with Crippen LogP contribution in [0, 0.1) is 30.6 Å². The van der Waals surface area contributed by atoms with E-state index in [0.717, 1.165) is 22.6 Å². The van der Waals surface area contributed by atoms with Crippen molar-refractivity contribution in [2.45, 2.75) is 13.3 Å². The maximum absolute atomic E-state index is 12.6. The molecule has 0 N–H and O–H groups in total. The summed E-state index contributed by atoms with van der Waals surface area (Å²) in [5, 5.41) is 5.82. The van der Waals surface area contributed by atoms with Crippen molar-refractivity contribution >= 4 is 29.6 Å². The van der Waals surface area contributed by atoms with Crippen LogP contribution in [0.2, 0.25) is 5.02 Å². The number of halogens is 1. The summed E-state index contributed by atoms with van der Waals surface area (Å²) in [6, 6.07) is 9.27. The van der Waals surface area contributed by atoms with E-state index in [9.17, 15) is 9.59 Å². The smallest absolute Gasteiger partial charge is 0.254 e. The van der Waals surface area contributed by atoms with Crippen LogP contribution in [0.25, 0.3) is 11.3 Å². The van der Waals surface area contributed by atoms with E-state index in [1.165, 1.54) is 6.21 Å². The summed E-state index contributed by atoms with van der Waals surface area (Å²) in [7, 11) is 0. The van der Waals surface area contributed by atoms with E-state index < -0.39 is 0 Å². The molecule has 3 aliphatic rings. The number of hydrogen-bond donors (Lipinski definition) is 0. The normalized spacial score (nSPS) is 28.7. The molecular formula is C21H17ClN2O3.